The highest BCUT2D eigenvalue weighted by molar-refractivity contribution is 7.80. The number of phenolic OH excluding ortho intramolecular Hbond substituents is 1. The van der Waals surface area contributed by atoms with Crippen molar-refractivity contribution >= 4 is 47.6 Å². The van der Waals surface area contributed by atoms with Crippen LogP contribution in [0.15, 0.2) is 63.8 Å². The SMILES string of the molecule is COC[C@H](NC(=S)Nc1ccc(-c2c3ccc(=O)cc-3oc3cc(O)ccc23)c(C(=O)O)c1)[C@H](C)OP(C)(=O)O. The number of carboxylic acids is 1. The maximum absolute atomic E-state index is 12.4. The molecule has 13 heteroatoms. The third-order valence-corrected chi connectivity index (χ3v) is 6.99. The number of aromatic carboxylic acids is 1. The van der Waals surface area contributed by atoms with Gasteiger partial charge in [0.1, 0.15) is 17.1 Å². The number of hydrogen-bond donors (Lipinski definition) is 5. The minimum absolute atomic E-state index is 0.0499. The first kappa shape index (κ1) is 29.2. The minimum atomic E-state index is -3.77. The fraction of sp³-hybridized carbons (Fsp3) is 0.222. The van der Waals surface area contributed by atoms with Crippen molar-refractivity contribution in [2.75, 3.05) is 25.7 Å². The maximum atomic E-state index is 12.4. The zero-order valence-electron chi connectivity index (χ0n) is 21.7. The van der Waals surface area contributed by atoms with E-state index in [2.05, 4.69) is 10.6 Å². The number of hydrogen-bond acceptors (Lipinski definition) is 8. The summed E-state index contributed by atoms with van der Waals surface area (Å²) in [5.41, 5.74) is 1.68. The predicted molar refractivity (Wildman–Crippen MR) is 154 cm³/mol. The number of fused-ring (bicyclic) bond motifs is 2. The molecule has 3 atom stereocenters. The molecular formula is C27H27N2O9PS. The first-order valence-corrected chi connectivity index (χ1v) is 14.4. The van der Waals surface area contributed by atoms with Gasteiger partial charge >= 0.3 is 13.6 Å². The molecule has 4 rings (SSSR count). The standard InChI is InChI=1S/C27H27N2O9PS/c1-14(38-39(3,34)35)22(13-36-2)29-27(40)28-15-4-7-18(21(10-15)26(32)33)25-19-8-5-16(30)11-23(19)37-24-12-17(31)6-9-20(24)25/h4-12,14,22,30H,13H2,1-3H3,(H,32,33)(H,34,35)(H2,28,29,40)/t14-,22-/m0/s1. The van der Waals surface area contributed by atoms with Gasteiger partial charge in [0.2, 0.25) is 0 Å². The molecule has 0 amide bonds. The molecule has 1 unspecified atom stereocenters. The number of benzene rings is 3. The van der Waals surface area contributed by atoms with Crippen molar-refractivity contribution in [3.8, 4) is 28.2 Å². The van der Waals surface area contributed by atoms with Gasteiger partial charge in [0.15, 0.2) is 10.5 Å². The van der Waals surface area contributed by atoms with Crippen molar-refractivity contribution in [3.63, 3.8) is 0 Å². The van der Waals surface area contributed by atoms with Crippen molar-refractivity contribution in [3.05, 3.63) is 70.4 Å². The van der Waals surface area contributed by atoms with E-state index in [1.165, 1.54) is 37.4 Å². The Hall–Kier alpha value is -3.80. The fourth-order valence-corrected chi connectivity index (χ4v) is 5.39. The molecule has 0 radical (unpaired) electrons. The van der Waals surface area contributed by atoms with Crippen LogP contribution in [0.5, 0.6) is 5.75 Å². The van der Waals surface area contributed by atoms with Crippen molar-refractivity contribution in [1.29, 1.82) is 0 Å². The summed E-state index contributed by atoms with van der Waals surface area (Å²) in [5.74, 6) is -1.02. The molecule has 0 saturated carbocycles. The summed E-state index contributed by atoms with van der Waals surface area (Å²) in [4.78, 5) is 34.0. The topological polar surface area (TPSA) is 168 Å². The van der Waals surface area contributed by atoms with Gasteiger partial charge in [-0.3, -0.25) is 9.36 Å². The van der Waals surface area contributed by atoms with E-state index in [0.29, 0.717) is 27.8 Å². The number of aromatic hydroxyl groups is 1. The molecule has 0 saturated heterocycles. The number of phenols is 1. The molecule has 2 aromatic carbocycles. The summed E-state index contributed by atoms with van der Waals surface area (Å²) in [7, 11) is -2.30. The Morgan fingerprint density at radius 3 is 2.52 bits per heavy atom. The number of rotatable bonds is 9. The number of anilines is 1. The summed E-state index contributed by atoms with van der Waals surface area (Å²) in [5, 5.41) is 26.7. The zero-order chi connectivity index (χ0) is 29.2. The summed E-state index contributed by atoms with van der Waals surface area (Å²) in [6.45, 7) is 2.79. The van der Waals surface area contributed by atoms with E-state index >= 15 is 0 Å². The van der Waals surface area contributed by atoms with Crippen LogP contribution in [0.25, 0.3) is 33.4 Å². The molecule has 0 spiro atoms. The smallest absolute Gasteiger partial charge is 0.336 e. The molecule has 1 aliphatic heterocycles. The van der Waals surface area contributed by atoms with Gasteiger partial charge in [-0.05, 0) is 61.1 Å². The lowest BCUT2D eigenvalue weighted by atomic mass is 9.90. The largest absolute Gasteiger partial charge is 0.508 e. The van der Waals surface area contributed by atoms with Gasteiger partial charge in [-0.25, -0.2) is 4.79 Å². The quantitative estimate of drug-likeness (QED) is 0.106. The summed E-state index contributed by atoms with van der Waals surface area (Å²) in [6.07, 6.45) is -0.739. The van der Waals surface area contributed by atoms with Crippen LogP contribution in [0.2, 0.25) is 0 Å². The van der Waals surface area contributed by atoms with Gasteiger partial charge in [0.25, 0.3) is 0 Å². The average molecular weight is 587 g/mol. The van der Waals surface area contributed by atoms with Crippen LogP contribution in [0.3, 0.4) is 0 Å². The van der Waals surface area contributed by atoms with Crippen LogP contribution in [0.1, 0.15) is 17.3 Å². The Labute approximate surface area is 234 Å². The molecule has 0 fully saturated rings. The highest BCUT2D eigenvalue weighted by atomic mass is 32.1. The van der Waals surface area contributed by atoms with Crippen LogP contribution >= 0.6 is 19.8 Å². The number of thiocarbonyl (C=S) groups is 1. The number of carboxylic acid groups (broad SMARTS) is 1. The van der Waals surface area contributed by atoms with Crippen molar-refractivity contribution in [2.45, 2.75) is 19.1 Å². The predicted octanol–water partition coefficient (Wildman–Crippen LogP) is 4.49. The van der Waals surface area contributed by atoms with Gasteiger partial charge < -0.3 is 39.4 Å². The molecule has 2 aromatic rings. The van der Waals surface area contributed by atoms with Crippen molar-refractivity contribution in [2.24, 2.45) is 0 Å². The molecular weight excluding hydrogens is 559 g/mol. The Kier molecular flexibility index (Phi) is 8.57. The van der Waals surface area contributed by atoms with Crippen LogP contribution in [-0.2, 0) is 13.8 Å². The Balaban J connectivity index is 1.72. The van der Waals surface area contributed by atoms with Crippen molar-refractivity contribution in [1.82, 2.24) is 5.32 Å². The van der Waals surface area contributed by atoms with E-state index in [4.69, 9.17) is 25.9 Å². The molecule has 2 aliphatic rings. The molecule has 11 nitrogen and oxygen atoms in total. The lowest BCUT2D eigenvalue weighted by Crippen LogP contribution is -2.47. The lowest BCUT2D eigenvalue weighted by molar-refractivity contribution is 0.0697. The Morgan fingerprint density at radius 1 is 1.12 bits per heavy atom. The minimum Gasteiger partial charge on any atom is -0.508 e. The van der Waals surface area contributed by atoms with Gasteiger partial charge in [0, 0.05) is 48.1 Å². The van der Waals surface area contributed by atoms with E-state index < -0.39 is 25.7 Å². The molecule has 0 bridgehead atoms. The van der Waals surface area contributed by atoms with Crippen LogP contribution in [-0.4, -0.2) is 58.7 Å². The van der Waals surface area contributed by atoms with E-state index in [0.717, 1.165) is 6.66 Å². The third kappa shape index (κ3) is 6.67. The summed E-state index contributed by atoms with van der Waals surface area (Å²) in [6, 6.07) is 12.8. The Bertz CT molecular complexity index is 1670. The number of ether oxygens (including phenoxy) is 1. The summed E-state index contributed by atoms with van der Waals surface area (Å²) >= 11 is 5.40. The molecule has 40 heavy (non-hydrogen) atoms. The number of methoxy groups -OCH3 is 1. The van der Waals surface area contributed by atoms with Crippen LogP contribution in [0.4, 0.5) is 5.69 Å². The monoisotopic (exact) mass is 586 g/mol. The summed E-state index contributed by atoms with van der Waals surface area (Å²) < 4.78 is 27.9. The van der Waals surface area contributed by atoms with E-state index in [9.17, 15) is 29.3 Å². The average Bonchev–Trinajstić information content (AvgIpc) is 2.86. The van der Waals surface area contributed by atoms with Crippen LogP contribution in [0, 0.1) is 0 Å². The molecule has 1 aliphatic carbocycles. The maximum Gasteiger partial charge on any atom is 0.336 e. The Morgan fingerprint density at radius 2 is 1.85 bits per heavy atom. The number of nitrogens with one attached hydrogen (secondary N) is 2. The van der Waals surface area contributed by atoms with E-state index in [1.807, 2.05) is 0 Å². The highest BCUT2D eigenvalue weighted by Gasteiger charge is 2.26. The van der Waals surface area contributed by atoms with Crippen molar-refractivity contribution < 1.29 is 38.1 Å². The van der Waals surface area contributed by atoms with Gasteiger partial charge in [-0.15, -0.1) is 0 Å². The fourth-order valence-electron chi connectivity index (χ4n) is 4.36. The zero-order valence-corrected chi connectivity index (χ0v) is 23.4. The van der Waals surface area contributed by atoms with Gasteiger partial charge in [-0.2, -0.15) is 0 Å². The second-order valence-corrected chi connectivity index (χ2v) is 11.4. The van der Waals surface area contributed by atoms with E-state index in [1.54, 1.807) is 31.2 Å². The first-order chi connectivity index (χ1) is 18.9. The lowest BCUT2D eigenvalue weighted by Gasteiger charge is -2.27. The highest BCUT2D eigenvalue weighted by Crippen LogP contribution is 2.42. The second kappa shape index (κ2) is 11.7. The van der Waals surface area contributed by atoms with Crippen LogP contribution < -0.4 is 16.1 Å². The van der Waals surface area contributed by atoms with Gasteiger partial charge in [0.05, 0.1) is 24.3 Å². The first-order valence-electron chi connectivity index (χ1n) is 12.0. The molecule has 210 valence electrons. The molecule has 5 N–H and O–H groups in total. The molecule has 1 heterocycles. The van der Waals surface area contributed by atoms with E-state index in [-0.39, 0.29) is 39.8 Å². The van der Waals surface area contributed by atoms with Gasteiger partial charge in [-0.1, -0.05) is 6.07 Å². The molecule has 0 aromatic heterocycles. The normalized spacial score (nSPS) is 14.4. The number of carbonyl (C=O) groups is 1. The second-order valence-electron chi connectivity index (χ2n) is 9.15. The third-order valence-electron chi connectivity index (χ3n) is 6.05.